The van der Waals surface area contributed by atoms with Crippen LogP contribution in [-0.4, -0.2) is 29.3 Å². The SMILES string of the molecule is CC1=CC[C@@](NC(=O)OCC2c3ccccc3-c3ccccc32)(C(=O)O)CC1. The van der Waals surface area contributed by atoms with Crippen molar-refractivity contribution < 1.29 is 19.4 Å². The van der Waals surface area contributed by atoms with Gasteiger partial charge in [-0.3, -0.25) is 0 Å². The fourth-order valence-electron chi connectivity index (χ4n) is 4.15. The van der Waals surface area contributed by atoms with Gasteiger partial charge in [-0.05, 0) is 48.4 Å². The average molecular weight is 377 g/mol. The maximum atomic E-state index is 12.5. The van der Waals surface area contributed by atoms with Gasteiger partial charge >= 0.3 is 12.1 Å². The lowest BCUT2D eigenvalue weighted by molar-refractivity contribution is -0.145. The van der Waals surface area contributed by atoms with Gasteiger partial charge < -0.3 is 15.2 Å². The molecular formula is C23H23NO4. The molecule has 0 unspecified atom stereocenters. The highest BCUT2D eigenvalue weighted by atomic mass is 16.5. The number of hydrogen-bond donors (Lipinski definition) is 2. The van der Waals surface area contributed by atoms with E-state index in [0.717, 1.165) is 27.8 Å². The highest BCUT2D eigenvalue weighted by Crippen LogP contribution is 2.44. The molecule has 0 aromatic heterocycles. The molecule has 28 heavy (non-hydrogen) atoms. The summed E-state index contributed by atoms with van der Waals surface area (Å²) in [5.74, 6) is -1.07. The zero-order valence-corrected chi connectivity index (χ0v) is 15.8. The first-order valence-electron chi connectivity index (χ1n) is 9.52. The number of rotatable bonds is 4. The molecule has 0 saturated carbocycles. The third-order valence-electron chi connectivity index (χ3n) is 5.84. The Bertz CT molecular complexity index is 919. The average Bonchev–Trinajstić information content (AvgIpc) is 3.02. The summed E-state index contributed by atoms with van der Waals surface area (Å²) >= 11 is 0. The molecule has 2 aliphatic carbocycles. The van der Waals surface area contributed by atoms with Gasteiger partial charge in [-0.15, -0.1) is 0 Å². The van der Waals surface area contributed by atoms with Gasteiger partial charge in [0.1, 0.15) is 12.1 Å². The summed E-state index contributed by atoms with van der Waals surface area (Å²) in [5.41, 5.74) is 4.42. The van der Waals surface area contributed by atoms with Crippen LogP contribution >= 0.6 is 0 Å². The molecule has 2 N–H and O–H groups in total. The number of hydrogen-bond acceptors (Lipinski definition) is 3. The van der Waals surface area contributed by atoms with E-state index in [1.165, 1.54) is 0 Å². The van der Waals surface area contributed by atoms with Gasteiger partial charge in [-0.1, -0.05) is 60.2 Å². The molecule has 0 saturated heterocycles. The van der Waals surface area contributed by atoms with E-state index >= 15 is 0 Å². The van der Waals surface area contributed by atoms with Gasteiger partial charge in [-0.2, -0.15) is 0 Å². The van der Waals surface area contributed by atoms with Gasteiger partial charge in [0.2, 0.25) is 0 Å². The molecule has 0 radical (unpaired) electrons. The van der Waals surface area contributed by atoms with Crippen molar-refractivity contribution in [2.45, 2.75) is 37.6 Å². The van der Waals surface area contributed by atoms with Crippen molar-refractivity contribution in [3.63, 3.8) is 0 Å². The van der Waals surface area contributed by atoms with Gasteiger partial charge in [-0.25, -0.2) is 9.59 Å². The number of ether oxygens (including phenoxy) is 1. The molecule has 2 aromatic rings. The van der Waals surface area contributed by atoms with E-state index in [1.54, 1.807) is 0 Å². The Kier molecular flexibility index (Phi) is 4.67. The van der Waals surface area contributed by atoms with Crippen LogP contribution in [0.15, 0.2) is 60.2 Å². The lowest BCUT2D eigenvalue weighted by Gasteiger charge is -2.32. The molecule has 4 rings (SSSR count). The number of carbonyl (C=O) groups excluding carboxylic acids is 1. The van der Waals surface area contributed by atoms with Crippen LogP contribution in [0.1, 0.15) is 43.2 Å². The normalized spacial score (nSPS) is 20.7. The number of benzene rings is 2. The molecule has 1 amide bonds. The topological polar surface area (TPSA) is 75.6 Å². The van der Waals surface area contributed by atoms with E-state index in [9.17, 15) is 14.7 Å². The van der Waals surface area contributed by atoms with E-state index in [-0.39, 0.29) is 18.9 Å². The van der Waals surface area contributed by atoms with E-state index < -0.39 is 17.6 Å². The zero-order valence-electron chi connectivity index (χ0n) is 15.8. The second kappa shape index (κ2) is 7.15. The first-order chi connectivity index (χ1) is 13.5. The highest BCUT2D eigenvalue weighted by molar-refractivity contribution is 5.85. The third-order valence-corrected chi connectivity index (χ3v) is 5.84. The smallest absolute Gasteiger partial charge is 0.408 e. The molecule has 2 aromatic carbocycles. The van der Waals surface area contributed by atoms with Crippen LogP contribution in [0.5, 0.6) is 0 Å². The van der Waals surface area contributed by atoms with Gasteiger partial charge in [0.05, 0.1) is 0 Å². The number of alkyl carbamates (subject to hydrolysis) is 1. The summed E-state index contributed by atoms with van der Waals surface area (Å²) in [6, 6.07) is 16.2. The molecule has 5 nitrogen and oxygen atoms in total. The lowest BCUT2D eigenvalue weighted by atomic mass is 9.83. The summed E-state index contributed by atoms with van der Waals surface area (Å²) in [7, 11) is 0. The number of carboxylic acids is 1. The maximum Gasteiger partial charge on any atom is 0.408 e. The lowest BCUT2D eigenvalue weighted by Crippen LogP contribution is -2.55. The van der Waals surface area contributed by atoms with Crippen LogP contribution in [0.25, 0.3) is 11.1 Å². The minimum atomic E-state index is -1.29. The Morgan fingerprint density at radius 1 is 1.11 bits per heavy atom. The first-order valence-corrected chi connectivity index (χ1v) is 9.52. The van der Waals surface area contributed by atoms with Crippen molar-refractivity contribution >= 4 is 12.1 Å². The highest BCUT2D eigenvalue weighted by Gasteiger charge is 2.41. The molecule has 0 fully saturated rings. The molecule has 144 valence electrons. The molecule has 0 aliphatic heterocycles. The van der Waals surface area contributed by atoms with Crippen LogP contribution < -0.4 is 5.32 Å². The number of carboxylic acid groups (broad SMARTS) is 1. The number of aliphatic carboxylic acids is 1. The Morgan fingerprint density at radius 3 is 2.25 bits per heavy atom. The van der Waals surface area contributed by atoms with Crippen LogP contribution in [0.3, 0.4) is 0 Å². The molecule has 1 atom stereocenters. The van der Waals surface area contributed by atoms with Crippen molar-refractivity contribution in [2.24, 2.45) is 0 Å². The predicted octanol–water partition coefficient (Wildman–Crippen LogP) is 4.48. The van der Waals surface area contributed by atoms with Gasteiger partial charge in [0, 0.05) is 5.92 Å². The van der Waals surface area contributed by atoms with Crippen LogP contribution in [0.2, 0.25) is 0 Å². The summed E-state index contributed by atoms with van der Waals surface area (Å²) in [4.78, 5) is 24.3. The van der Waals surface area contributed by atoms with Crippen LogP contribution in [0, 0.1) is 0 Å². The van der Waals surface area contributed by atoms with Crippen LogP contribution in [-0.2, 0) is 9.53 Å². The van der Waals surface area contributed by atoms with Crippen molar-refractivity contribution in [1.82, 2.24) is 5.32 Å². The minimum absolute atomic E-state index is 0.0487. The monoisotopic (exact) mass is 377 g/mol. The van der Waals surface area contributed by atoms with Crippen LogP contribution in [0.4, 0.5) is 4.79 Å². The molecule has 5 heteroatoms. The second-order valence-corrected chi connectivity index (χ2v) is 7.59. The Morgan fingerprint density at radius 2 is 1.71 bits per heavy atom. The molecule has 0 spiro atoms. The first kappa shape index (κ1) is 18.3. The summed E-state index contributed by atoms with van der Waals surface area (Å²) in [5, 5.41) is 12.3. The standard InChI is InChI=1S/C23H23NO4/c1-15-10-12-23(13-11-15,21(25)26)24-22(27)28-14-20-18-8-4-2-6-16(18)17-7-3-5-9-19(17)20/h2-10,20H,11-14H2,1H3,(H,24,27)(H,25,26)/t23-/m0/s1. The zero-order chi connectivity index (χ0) is 19.7. The van der Waals surface area contributed by atoms with Crippen molar-refractivity contribution in [2.75, 3.05) is 6.61 Å². The number of allylic oxidation sites excluding steroid dienone is 1. The summed E-state index contributed by atoms with van der Waals surface area (Å²) in [6.07, 6.45) is 2.49. The quantitative estimate of drug-likeness (QED) is 0.771. The van der Waals surface area contributed by atoms with E-state index in [4.69, 9.17) is 4.74 Å². The number of amides is 1. The van der Waals surface area contributed by atoms with E-state index in [0.29, 0.717) is 12.8 Å². The Labute approximate surface area is 164 Å². The number of carbonyl (C=O) groups is 2. The van der Waals surface area contributed by atoms with E-state index in [2.05, 4.69) is 29.6 Å². The van der Waals surface area contributed by atoms with E-state index in [1.807, 2.05) is 37.3 Å². The Balaban J connectivity index is 1.49. The van der Waals surface area contributed by atoms with Crippen molar-refractivity contribution in [3.8, 4) is 11.1 Å². The maximum absolute atomic E-state index is 12.5. The summed E-state index contributed by atoms with van der Waals surface area (Å²) in [6.45, 7) is 2.14. The molecule has 0 bridgehead atoms. The number of nitrogens with one attached hydrogen (secondary N) is 1. The minimum Gasteiger partial charge on any atom is -0.479 e. The fraction of sp³-hybridized carbons (Fsp3) is 0.304. The fourth-order valence-corrected chi connectivity index (χ4v) is 4.15. The molecular weight excluding hydrogens is 354 g/mol. The van der Waals surface area contributed by atoms with Crippen molar-refractivity contribution in [3.05, 3.63) is 71.3 Å². The summed E-state index contributed by atoms with van der Waals surface area (Å²) < 4.78 is 5.51. The number of fused-ring (bicyclic) bond motifs is 3. The largest absolute Gasteiger partial charge is 0.479 e. The van der Waals surface area contributed by atoms with Gasteiger partial charge in [0.15, 0.2) is 0 Å². The second-order valence-electron chi connectivity index (χ2n) is 7.59. The predicted molar refractivity (Wildman–Crippen MR) is 106 cm³/mol. The van der Waals surface area contributed by atoms with Gasteiger partial charge in [0.25, 0.3) is 0 Å². The molecule has 2 aliphatic rings. The van der Waals surface area contributed by atoms with Crippen molar-refractivity contribution in [1.29, 1.82) is 0 Å². The third kappa shape index (κ3) is 3.17. The molecule has 0 heterocycles. The Hall–Kier alpha value is -3.08.